The van der Waals surface area contributed by atoms with Gasteiger partial charge in [-0.2, -0.15) is 0 Å². The third-order valence-electron chi connectivity index (χ3n) is 2.67. The molecule has 1 aliphatic heterocycles. The average molecular weight is 200 g/mol. The highest BCUT2D eigenvalue weighted by atomic mass is 16.5. The van der Waals surface area contributed by atoms with Gasteiger partial charge in [-0.3, -0.25) is 0 Å². The van der Waals surface area contributed by atoms with Crippen molar-refractivity contribution in [1.29, 1.82) is 0 Å². The fourth-order valence-corrected chi connectivity index (χ4v) is 1.98. The van der Waals surface area contributed by atoms with Crippen LogP contribution in [0.1, 0.15) is 0 Å². The minimum atomic E-state index is -1.02. The first kappa shape index (κ1) is 8.29. The van der Waals surface area contributed by atoms with Crippen molar-refractivity contribution in [3.63, 3.8) is 0 Å². The molecule has 0 aromatic heterocycles. The van der Waals surface area contributed by atoms with E-state index in [0.29, 0.717) is 0 Å². The Morgan fingerprint density at radius 1 is 1.40 bits per heavy atom. The van der Waals surface area contributed by atoms with Crippen molar-refractivity contribution in [2.45, 2.75) is 6.10 Å². The molecule has 2 aliphatic carbocycles. The van der Waals surface area contributed by atoms with Crippen LogP contribution in [0.2, 0.25) is 0 Å². The smallest absolute Gasteiger partial charge is 0.371 e. The topological polar surface area (TPSA) is 46.5 Å². The third-order valence-corrected chi connectivity index (χ3v) is 2.67. The molecule has 0 saturated carbocycles. The molecule has 1 unspecified atom stereocenters. The van der Waals surface area contributed by atoms with Crippen molar-refractivity contribution >= 4 is 5.97 Å². The van der Waals surface area contributed by atoms with Gasteiger partial charge >= 0.3 is 5.97 Å². The Morgan fingerprint density at radius 3 is 3.07 bits per heavy atom. The predicted molar refractivity (Wildman–Crippen MR) is 54.0 cm³/mol. The second-order valence-corrected chi connectivity index (χ2v) is 3.56. The monoisotopic (exact) mass is 200 g/mol. The Bertz CT molecular complexity index is 501. The second kappa shape index (κ2) is 2.73. The molecular weight excluding hydrogens is 192 g/mol. The summed E-state index contributed by atoms with van der Waals surface area (Å²) in [4.78, 5) is 10.8. The van der Waals surface area contributed by atoms with Crippen molar-refractivity contribution in [2.75, 3.05) is 0 Å². The van der Waals surface area contributed by atoms with Crippen LogP contribution in [-0.2, 0) is 9.53 Å². The number of fused-ring (bicyclic) bond motifs is 2. The van der Waals surface area contributed by atoms with Gasteiger partial charge in [0.25, 0.3) is 0 Å². The maximum atomic E-state index is 10.8. The standard InChI is InChI=1S/C12H8O3/c13-12(14)11-6-9-8-3-1-2-7(8)4-5-10(9)15-11/h1-6,10H,(H,13,14). The molecule has 3 rings (SSSR count). The molecule has 0 aromatic rings. The van der Waals surface area contributed by atoms with Gasteiger partial charge in [0.05, 0.1) is 0 Å². The van der Waals surface area contributed by atoms with E-state index in [4.69, 9.17) is 9.84 Å². The Balaban J connectivity index is 2.11. The number of carboxylic acids is 1. The summed E-state index contributed by atoms with van der Waals surface area (Å²) >= 11 is 0. The maximum absolute atomic E-state index is 10.8. The lowest BCUT2D eigenvalue weighted by atomic mass is 9.93. The minimum Gasteiger partial charge on any atom is -0.475 e. The van der Waals surface area contributed by atoms with E-state index >= 15 is 0 Å². The van der Waals surface area contributed by atoms with Crippen LogP contribution in [0, 0.1) is 0 Å². The van der Waals surface area contributed by atoms with E-state index in [2.05, 4.69) is 0 Å². The molecular formula is C12H8O3. The van der Waals surface area contributed by atoms with E-state index in [-0.39, 0.29) is 11.9 Å². The average Bonchev–Trinajstić information content (AvgIpc) is 2.82. The van der Waals surface area contributed by atoms with E-state index < -0.39 is 5.97 Å². The van der Waals surface area contributed by atoms with Crippen LogP contribution in [0.3, 0.4) is 0 Å². The van der Waals surface area contributed by atoms with Crippen LogP contribution in [-0.4, -0.2) is 17.2 Å². The molecule has 74 valence electrons. The quantitative estimate of drug-likeness (QED) is 0.701. The third kappa shape index (κ3) is 1.09. The predicted octanol–water partition coefficient (Wildman–Crippen LogP) is 1.72. The van der Waals surface area contributed by atoms with Gasteiger partial charge in [-0.1, -0.05) is 24.3 Å². The number of allylic oxidation sites excluding steroid dienone is 6. The molecule has 0 bridgehead atoms. The number of aliphatic carboxylic acids is 1. The summed E-state index contributed by atoms with van der Waals surface area (Å²) in [7, 11) is 0. The van der Waals surface area contributed by atoms with Crippen molar-refractivity contribution in [3.05, 3.63) is 58.9 Å². The fraction of sp³-hybridized carbons (Fsp3) is 0.0833. The molecule has 3 heteroatoms. The fourth-order valence-electron chi connectivity index (χ4n) is 1.98. The number of rotatable bonds is 1. The molecule has 0 saturated heterocycles. The van der Waals surface area contributed by atoms with Crippen molar-refractivity contribution < 1.29 is 14.6 Å². The first-order valence-corrected chi connectivity index (χ1v) is 4.68. The van der Waals surface area contributed by atoms with Crippen LogP contribution in [0.25, 0.3) is 0 Å². The number of hydrogen-bond acceptors (Lipinski definition) is 2. The van der Waals surface area contributed by atoms with E-state index in [1.165, 1.54) is 0 Å². The van der Waals surface area contributed by atoms with Crippen LogP contribution >= 0.6 is 0 Å². The molecule has 0 amide bonds. The Morgan fingerprint density at radius 2 is 2.27 bits per heavy atom. The van der Waals surface area contributed by atoms with E-state index in [0.717, 1.165) is 16.7 Å². The summed E-state index contributed by atoms with van der Waals surface area (Å²) in [5, 5.41) is 8.83. The second-order valence-electron chi connectivity index (χ2n) is 3.56. The highest BCUT2D eigenvalue weighted by molar-refractivity contribution is 5.86. The first-order chi connectivity index (χ1) is 7.25. The van der Waals surface area contributed by atoms with Gasteiger partial charge < -0.3 is 9.84 Å². The van der Waals surface area contributed by atoms with Crippen LogP contribution in [0.5, 0.6) is 0 Å². The van der Waals surface area contributed by atoms with Gasteiger partial charge in [0.2, 0.25) is 5.76 Å². The summed E-state index contributed by atoms with van der Waals surface area (Å²) < 4.78 is 5.29. The molecule has 0 radical (unpaired) electrons. The first-order valence-electron chi connectivity index (χ1n) is 4.68. The minimum absolute atomic E-state index is 0.0219. The molecule has 0 spiro atoms. The lowest BCUT2D eigenvalue weighted by Crippen LogP contribution is -2.12. The summed E-state index contributed by atoms with van der Waals surface area (Å²) in [6.07, 6.45) is 11.2. The summed E-state index contributed by atoms with van der Waals surface area (Å²) in [6.45, 7) is 0. The van der Waals surface area contributed by atoms with E-state index in [1.807, 2.05) is 30.4 Å². The Hall–Kier alpha value is -2.03. The highest BCUT2D eigenvalue weighted by Gasteiger charge is 2.30. The van der Waals surface area contributed by atoms with Gasteiger partial charge in [0, 0.05) is 5.57 Å². The molecule has 1 N–H and O–H groups in total. The molecule has 1 heterocycles. The number of carbonyl (C=O) groups is 1. The number of hydrogen-bond donors (Lipinski definition) is 1. The van der Waals surface area contributed by atoms with Gasteiger partial charge in [-0.25, -0.2) is 4.79 Å². The van der Waals surface area contributed by atoms with Crippen LogP contribution in [0.15, 0.2) is 58.9 Å². The van der Waals surface area contributed by atoms with Crippen LogP contribution in [0.4, 0.5) is 0 Å². The van der Waals surface area contributed by atoms with E-state index in [1.54, 1.807) is 6.08 Å². The number of ether oxygens (including phenoxy) is 1. The maximum Gasteiger partial charge on any atom is 0.371 e. The van der Waals surface area contributed by atoms with Crippen LogP contribution < -0.4 is 0 Å². The molecule has 3 aliphatic rings. The zero-order valence-electron chi connectivity index (χ0n) is 7.81. The SMILES string of the molecule is O=C(O)C1=CC2=C3C=CC=C3C=CC2O1. The van der Waals surface area contributed by atoms with Crippen molar-refractivity contribution in [3.8, 4) is 0 Å². The van der Waals surface area contributed by atoms with Crippen molar-refractivity contribution in [2.24, 2.45) is 0 Å². The zero-order chi connectivity index (χ0) is 10.4. The van der Waals surface area contributed by atoms with Crippen molar-refractivity contribution in [1.82, 2.24) is 0 Å². The van der Waals surface area contributed by atoms with Gasteiger partial charge in [-0.05, 0) is 23.3 Å². The molecule has 3 nitrogen and oxygen atoms in total. The molecule has 0 aromatic carbocycles. The van der Waals surface area contributed by atoms with Gasteiger partial charge in [0.15, 0.2) is 0 Å². The highest BCUT2D eigenvalue weighted by Crippen LogP contribution is 2.36. The summed E-state index contributed by atoms with van der Waals surface area (Å²) in [6, 6.07) is 0. The molecule has 0 fully saturated rings. The molecule has 15 heavy (non-hydrogen) atoms. The molecule has 1 atom stereocenters. The van der Waals surface area contributed by atoms with E-state index in [9.17, 15) is 4.79 Å². The van der Waals surface area contributed by atoms with Gasteiger partial charge in [0.1, 0.15) is 6.10 Å². The summed E-state index contributed by atoms with van der Waals surface area (Å²) in [5.41, 5.74) is 3.13. The Labute approximate surface area is 86.4 Å². The zero-order valence-corrected chi connectivity index (χ0v) is 7.81. The number of carboxylic acid groups (broad SMARTS) is 1. The Kier molecular flexibility index (Phi) is 1.51. The normalized spacial score (nSPS) is 25.7. The largest absolute Gasteiger partial charge is 0.475 e. The van der Waals surface area contributed by atoms with Gasteiger partial charge in [-0.15, -0.1) is 0 Å². The summed E-state index contributed by atoms with van der Waals surface area (Å²) in [5.74, 6) is -0.993. The lowest BCUT2D eigenvalue weighted by Gasteiger charge is -2.16. The lowest BCUT2D eigenvalue weighted by molar-refractivity contribution is -0.136.